The molecule has 0 saturated heterocycles. The van der Waals surface area contributed by atoms with Gasteiger partial charge in [0.05, 0.1) is 22.0 Å². The summed E-state index contributed by atoms with van der Waals surface area (Å²) in [6.07, 6.45) is 4.44. The molecule has 1 aromatic carbocycles. The first-order valence-electron chi connectivity index (χ1n) is 9.89. The molecule has 1 saturated carbocycles. The minimum Gasteiger partial charge on any atom is -0.334 e. The van der Waals surface area contributed by atoms with Crippen molar-refractivity contribution in [2.75, 3.05) is 17.2 Å². The summed E-state index contributed by atoms with van der Waals surface area (Å²) in [5, 5.41) is 2.97. The van der Waals surface area contributed by atoms with Gasteiger partial charge in [0, 0.05) is 18.5 Å². The molecule has 1 aliphatic carbocycles. The van der Waals surface area contributed by atoms with Crippen LogP contribution in [0.1, 0.15) is 43.9 Å². The van der Waals surface area contributed by atoms with Crippen molar-refractivity contribution in [1.29, 1.82) is 0 Å². The van der Waals surface area contributed by atoms with Gasteiger partial charge in [0.2, 0.25) is 0 Å². The topological polar surface area (TPSA) is 79.4 Å². The third-order valence-electron chi connectivity index (χ3n) is 6.01. The van der Waals surface area contributed by atoms with Crippen LogP contribution in [-0.2, 0) is 21.8 Å². The third-order valence-corrected chi connectivity index (χ3v) is 8.20. The molecule has 0 unspecified atom stereocenters. The van der Waals surface area contributed by atoms with Crippen LogP contribution >= 0.6 is 15.9 Å². The lowest BCUT2D eigenvalue weighted by molar-refractivity contribution is 0.245. The number of amides is 2. The Kier molecular flexibility index (Phi) is 5.42. The molecule has 0 radical (unpaired) electrons. The van der Waals surface area contributed by atoms with Crippen LogP contribution in [0, 0.1) is 0 Å². The number of carbonyl (C=O) groups is 1. The highest BCUT2D eigenvalue weighted by molar-refractivity contribution is 9.10. The molecule has 154 valence electrons. The van der Waals surface area contributed by atoms with Crippen LogP contribution in [0.2, 0.25) is 0 Å². The largest absolute Gasteiger partial charge is 0.334 e. The van der Waals surface area contributed by atoms with Crippen LogP contribution in [0.25, 0.3) is 0 Å². The van der Waals surface area contributed by atoms with Crippen LogP contribution in [0.15, 0.2) is 45.9 Å². The second-order valence-electron chi connectivity index (χ2n) is 7.78. The number of nitrogens with one attached hydrogen (secondary N) is 1. The van der Waals surface area contributed by atoms with Gasteiger partial charge >= 0.3 is 6.03 Å². The zero-order valence-corrected chi connectivity index (χ0v) is 18.7. The highest BCUT2D eigenvalue weighted by Gasteiger charge is 2.47. The lowest BCUT2D eigenvalue weighted by Crippen LogP contribution is -2.41. The quantitative estimate of drug-likeness (QED) is 0.669. The standard InChI is InChI=1S/C21H24BrN3O3S/c1-2-29(27,28)16-7-5-15(6-8-16)13-23-20(26)25-14-21(11-3-4-12-21)19-17(25)9-10-18(22)24-19/h5-10H,2-4,11-14H2,1H3,(H,23,26). The molecule has 2 amide bonds. The number of pyridine rings is 1. The van der Waals surface area contributed by atoms with E-state index in [0.29, 0.717) is 18.0 Å². The number of halogens is 1. The first kappa shape index (κ1) is 20.3. The number of aromatic nitrogens is 1. The van der Waals surface area contributed by atoms with E-state index in [0.717, 1.165) is 47.2 Å². The fourth-order valence-corrected chi connectivity index (χ4v) is 5.57. The Morgan fingerprint density at radius 1 is 1.17 bits per heavy atom. The average Bonchev–Trinajstić information content (AvgIpc) is 3.32. The van der Waals surface area contributed by atoms with Crippen molar-refractivity contribution < 1.29 is 13.2 Å². The molecule has 1 aromatic heterocycles. The molecule has 4 rings (SSSR count). The van der Waals surface area contributed by atoms with E-state index in [-0.39, 0.29) is 17.2 Å². The molecule has 1 spiro atoms. The van der Waals surface area contributed by atoms with Crippen molar-refractivity contribution >= 4 is 37.5 Å². The van der Waals surface area contributed by atoms with E-state index in [1.54, 1.807) is 36.1 Å². The SMILES string of the molecule is CCS(=O)(=O)c1ccc(CNC(=O)N2CC3(CCCC3)c3nc(Br)ccc32)cc1. The summed E-state index contributed by atoms with van der Waals surface area (Å²) in [5.41, 5.74) is 2.73. The normalized spacial score (nSPS) is 17.5. The number of hydrogen-bond donors (Lipinski definition) is 1. The summed E-state index contributed by atoms with van der Waals surface area (Å²) in [6.45, 7) is 2.63. The molecule has 0 atom stereocenters. The summed E-state index contributed by atoms with van der Waals surface area (Å²) in [5.74, 6) is 0.0728. The number of rotatable bonds is 4. The molecule has 1 fully saturated rings. The molecular formula is C21H24BrN3O3S. The van der Waals surface area contributed by atoms with Gasteiger partial charge in [-0.15, -0.1) is 0 Å². The maximum Gasteiger partial charge on any atom is 0.322 e. The highest BCUT2D eigenvalue weighted by Crippen LogP contribution is 2.49. The molecule has 1 N–H and O–H groups in total. The second kappa shape index (κ2) is 7.72. The lowest BCUT2D eigenvalue weighted by atomic mass is 9.84. The molecule has 0 bridgehead atoms. The number of benzene rings is 1. The van der Waals surface area contributed by atoms with Gasteiger partial charge in [0.1, 0.15) is 4.60 Å². The van der Waals surface area contributed by atoms with Gasteiger partial charge in [-0.1, -0.05) is 31.9 Å². The van der Waals surface area contributed by atoms with Crippen LogP contribution < -0.4 is 10.2 Å². The number of nitrogens with zero attached hydrogens (tertiary/aromatic N) is 2. The van der Waals surface area contributed by atoms with Gasteiger partial charge in [-0.25, -0.2) is 18.2 Å². The molecular weight excluding hydrogens is 454 g/mol. The number of hydrogen-bond acceptors (Lipinski definition) is 4. The smallest absolute Gasteiger partial charge is 0.322 e. The first-order valence-corrected chi connectivity index (χ1v) is 12.3. The van der Waals surface area contributed by atoms with Crippen LogP contribution in [0.4, 0.5) is 10.5 Å². The van der Waals surface area contributed by atoms with Gasteiger partial charge in [0.15, 0.2) is 9.84 Å². The summed E-state index contributed by atoms with van der Waals surface area (Å²) >= 11 is 3.47. The van der Waals surface area contributed by atoms with Gasteiger partial charge in [-0.05, 0) is 58.6 Å². The molecule has 2 aliphatic rings. The number of fused-ring (bicyclic) bond motifs is 2. The molecule has 2 aromatic rings. The van der Waals surface area contributed by atoms with Crippen LogP contribution in [0.3, 0.4) is 0 Å². The second-order valence-corrected chi connectivity index (χ2v) is 10.9. The third kappa shape index (κ3) is 3.80. The van der Waals surface area contributed by atoms with E-state index in [1.165, 1.54) is 0 Å². The summed E-state index contributed by atoms with van der Waals surface area (Å²) < 4.78 is 24.7. The number of anilines is 1. The lowest BCUT2D eigenvalue weighted by Gasteiger charge is -2.24. The van der Waals surface area contributed by atoms with Crippen molar-refractivity contribution in [2.24, 2.45) is 0 Å². The summed E-state index contributed by atoms with van der Waals surface area (Å²) in [6, 6.07) is 10.4. The van der Waals surface area contributed by atoms with Crippen molar-refractivity contribution in [2.45, 2.75) is 49.5 Å². The van der Waals surface area contributed by atoms with E-state index in [9.17, 15) is 13.2 Å². The van der Waals surface area contributed by atoms with E-state index >= 15 is 0 Å². The Morgan fingerprint density at radius 2 is 1.86 bits per heavy atom. The predicted octanol–water partition coefficient (Wildman–Crippen LogP) is 4.18. The van der Waals surface area contributed by atoms with Crippen molar-refractivity contribution in [3.8, 4) is 0 Å². The Labute approximate surface area is 179 Å². The fourth-order valence-electron chi connectivity index (χ4n) is 4.38. The zero-order chi connectivity index (χ0) is 20.6. The van der Waals surface area contributed by atoms with E-state index in [2.05, 4.69) is 21.2 Å². The number of sulfone groups is 1. The first-order chi connectivity index (χ1) is 13.8. The Morgan fingerprint density at radius 3 is 2.52 bits per heavy atom. The van der Waals surface area contributed by atoms with E-state index < -0.39 is 9.84 Å². The number of urea groups is 1. The summed E-state index contributed by atoms with van der Waals surface area (Å²) in [4.78, 5) is 19.8. The van der Waals surface area contributed by atoms with Gasteiger partial charge in [0.25, 0.3) is 0 Å². The van der Waals surface area contributed by atoms with Gasteiger partial charge in [-0.2, -0.15) is 0 Å². The van der Waals surface area contributed by atoms with Crippen molar-refractivity contribution in [3.05, 3.63) is 52.3 Å². The van der Waals surface area contributed by atoms with E-state index in [1.807, 2.05) is 12.1 Å². The number of carbonyl (C=O) groups excluding carboxylic acids is 1. The molecule has 8 heteroatoms. The molecule has 2 heterocycles. The predicted molar refractivity (Wildman–Crippen MR) is 116 cm³/mol. The highest BCUT2D eigenvalue weighted by atomic mass is 79.9. The van der Waals surface area contributed by atoms with E-state index in [4.69, 9.17) is 4.98 Å². The van der Waals surface area contributed by atoms with Crippen LogP contribution in [-0.4, -0.2) is 31.7 Å². The van der Waals surface area contributed by atoms with Crippen molar-refractivity contribution in [1.82, 2.24) is 10.3 Å². The Hall–Kier alpha value is -1.93. The minimum absolute atomic E-state index is 0.0351. The maximum absolute atomic E-state index is 13.0. The molecule has 29 heavy (non-hydrogen) atoms. The Bertz CT molecular complexity index is 1030. The fraction of sp³-hybridized carbons (Fsp3) is 0.429. The van der Waals surface area contributed by atoms with Gasteiger partial charge < -0.3 is 5.32 Å². The average molecular weight is 478 g/mol. The minimum atomic E-state index is -3.22. The van der Waals surface area contributed by atoms with Crippen LogP contribution in [0.5, 0.6) is 0 Å². The summed E-state index contributed by atoms with van der Waals surface area (Å²) in [7, 11) is -3.22. The monoisotopic (exact) mass is 477 g/mol. The van der Waals surface area contributed by atoms with Gasteiger partial charge in [-0.3, -0.25) is 4.90 Å². The zero-order valence-electron chi connectivity index (χ0n) is 16.3. The molecule has 6 nitrogen and oxygen atoms in total. The maximum atomic E-state index is 13.0. The Balaban J connectivity index is 1.48. The molecule has 1 aliphatic heterocycles. The van der Waals surface area contributed by atoms with Crippen molar-refractivity contribution in [3.63, 3.8) is 0 Å².